The molecule has 2 heterocycles. The lowest BCUT2D eigenvalue weighted by Gasteiger charge is -2.35. The smallest absolute Gasteiger partial charge is 0.356 e. The lowest BCUT2D eigenvalue weighted by atomic mass is 9.92. The van der Waals surface area contributed by atoms with E-state index in [1.165, 1.54) is 0 Å². The van der Waals surface area contributed by atoms with E-state index in [9.17, 15) is 15.0 Å². The van der Waals surface area contributed by atoms with Crippen molar-refractivity contribution in [1.29, 1.82) is 0 Å². The van der Waals surface area contributed by atoms with Gasteiger partial charge in [-0.15, -0.1) is 0 Å². The molecule has 6 nitrogen and oxygen atoms in total. The number of carbonyl (C=O) groups is 1. The number of carboxylic acids is 1. The summed E-state index contributed by atoms with van der Waals surface area (Å²) in [5.74, 6) is -0.0922. The minimum Gasteiger partial charge on any atom is -0.476 e. The van der Waals surface area contributed by atoms with E-state index in [0.29, 0.717) is 11.5 Å². The first-order chi connectivity index (χ1) is 9.90. The van der Waals surface area contributed by atoms with Crippen molar-refractivity contribution in [2.24, 2.45) is 5.92 Å². The van der Waals surface area contributed by atoms with E-state index in [0.717, 1.165) is 25.9 Å². The van der Waals surface area contributed by atoms with Gasteiger partial charge in [0.05, 0.1) is 18.0 Å². The fourth-order valence-corrected chi connectivity index (χ4v) is 2.68. The van der Waals surface area contributed by atoms with E-state index in [2.05, 4.69) is 9.97 Å². The second-order valence-corrected chi connectivity index (χ2v) is 5.99. The number of aromatic nitrogens is 2. The summed E-state index contributed by atoms with van der Waals surface area (Å²) in [5.41, 5.74) is 0.653. The van der Waals surface area contributed by atoms with Crippen molar-refractivity contribution >= 4 is 11.7 Å². The predicted octanol–water partition coefficient (Wildman–Crippen LogP) is 1.90. The third kappa shape index (κ3) is 3.50. The van der Waals surface area contributed by atoms with Crippen molar-refractivity contribution < 1.29 is 15.0 Å². The molecular weight excluding hydrogens is 270 g/mol. The lowest BCUT2D eigenvalue weighted by molar-refractivity contribution is 0.0689. The third-order valence-corrected chi connectivity index (χ3v) is 4.07. The predicted molar refractivity (Wildman–Crippen MR) is 79.7 cm³/mol. The van der Waals surface area contributed by atoms with Crippen LogP contribution in [0.3, 0.4) is 0 Å². The molecule has 0 saturated carbocycles. The summed E-state index contributed by atoms with van der Waals surface area (Å²) in [4.78, 5) is 21.9. The van der Waals surface area contributed by atoms with Gasteiger partial charge in [-0.05, 0) is 25.7 Å². The Kier molecular flexibility index (Phi) is 4.77. The Bertz CT molecular complexity index is 509. The lowest BCUT2D eigenvalue weighted by Crippen LogP contribution is -2.38. The first kappa shape index (κ1) is 15.7. The average molecular weight is 293 g/mol. The highest BCUT2D eigenvalue weighted by Crippen LogP contribution is 2.27. The molecule has 1 saturated heterocycles. The molecule has 116 valence electrons. The highest BCUT2D eigenvalue weighted by molar-refractivity contribution is 5.92. The van der Waals surface area contributed by atoms with Crippen molar-refractivity contribution in [2.75, 3.05) is 18.0 Å². The maximum Gasteiger partial charge on any atom is 0.356 e. The van der Waals surface area contributed by atoms with E-state index in [1.54, 1.807) is 6.20 Å². The van der Waals surface area contributed by atoms with Gasteiger partial charge in [0, 0.05) is 19.0 Å². The molecule has 2 rings (SSSR count). The molecule has 0 radical (unpaired) electrons. The quantitative estimate of drug-likeness (QED) is 0.881. The summed E-state index contributed by atoms with van der Waals surface area (Å²) in [6, 6.07) is 0. The zero-order valence-corrected chi connectivity index (χ0v) is 12.8. The maximum atomic E-state index is 11.5. The molecule has 0 bridgehead atoms. The van der Waals surface area contributed by atoms with Crippen LogP contribution in [0.5, 0.6) is 0 Å². The largest absolute Gasteiger partial charge is 0.476 e. The average Bonchev–Trinajstić information content (AvgIpc) is 2.46. The summed E-state index contributed by atoms with van der Waals surface area (Å²) < 4.78 is 0. The van der Waals surface area contributed by atoms with Crippen molar-refractivity contribution in [1.82, 2.24) is 9.97 Å². The van der Waals surface area contributed by atoms with Crippen molar-refractivity contribution in [3.63, 3.8) is 0 Å². The monoisotopic (exact) mass is 293 g/mol. The molecule has 0 spiro atoms. The van der Waals surface area contributed by atoms with E-state index in [-0.39, 0.29) is 23.6 Å². The van der Waals surface area contributed by atoms with Gasteiger partial charge in [-0.3, -0.25) is 0 Å². The number of nitrogens with zero attached hydrogens (tertiary/aromatic N) is 3. The molecule has 1 fully saturated rings. The van der Waals surface area contributed by atoms with Crippen LogP contribution in [0.15, 0.2) is 6.20 Å². The van der Waals surface area contributed by atoms with Crippen LogP contribution in [0.4, 0.5) is 5.69 Å². The molecule has 6 heteroatoms. The van der Waals surface area contributed by atoms with Crippen LogP contribution in [-0.2, 0) is 0 Å². The molecular formula is C15H23N3O3. The van der Waals surface area contributed by atoms with Gasteiger partial charge >= 0.3 is 5.97 Å². The van der Waals surface area contributed by atoms with Gasteiger partial charge in [0.15, 0.2) is 5.69 Å². The molecule has 21 heavy (non-hydrogen) atoms. The number of aromatic carboxylic acids is 1. The first-order valence-corrected chi connectivity index (χ1v) is 7.43. The third-order valence-electron chi connectivity index (χ3n) is 4.07. The highest BCUT2D eigenvalue weighted by atomic mass is 16.4. The molecule has 1 unspecified atom stereocenters. The Morgan fingerprint density at radius 1 is 1.33 bits per heavy atom. The summed E-state index contributed by atoms with van der Waals surface area (Å²) >= 11 is 0. The van der Waals surface area contributed by atoms with Crippen molar-refractivity contribution in [3.05, 3.63) is 17.7 Å². The van der Waals surface area contributed by atoms with Crippen LogP contribution < -0.4 is 4.90 Å². The molecule has 2 N–H and O–H groups in total. The standard InChI is InChI=1S/C15H23N3O3/c1-9(2)14-16-8-12(13(17-14)15(20)21)18-6-4-11(5-7-18)10(3)19/h8-11,19H,4-7H2,1-3H3,(H,20,21). The van der Waals surface area contributed by atoms with Crippen molar-refractivity contribution in [2.45, 2.75) is 45.6 Å². The normalized spacial score (nSPS) is 18.0. The van der Waals surface area contributed by atoms with E-state index < -0.39 is 5.97 Å². The number of aliphatic hydroxyl groups excluding tert-OH is 1. The van der Waals surface area contributed by atoms with Gasteiger partial charge in [-0.1, -0.05) is 13.8 Å². The zero-order chi connectivity index (χ0) is 15.6. The Labute approximate surface area is 124 Å². The Hall–Kier alpha value is -1.69. The molecule has 1 aromatic heterocycles. The minimum absolute atomic E-state index is 0.0733. The van der Waals surface area contributed by atoms with Crippen LogP contribution in [0.2, 0.25) is 0 Å². The fourth-order valence-electron chi connectivity index (χ4n) is 2.68. The topological polar surface area (TPSA) is 86.5 Å². The Balaban J connectivity index is 2.22. The number of piperidine rings is 1. The van der Waals surface area contributed by atoms with E-state index in [4.69, 9.17) is 0 Å². The molecule has 1 aromatic rings. The Morgan fingerprint density at radius 3 is 2.43 bits per heavy atom. The number of hydrogen-bond acceptors (Lipinski definition) is 5. The van der Waals surface area contributed by atoms with Gasteiger partial charge in [0.1, 0.15) is 5.82 Å². The second kappa shape index (κ2) is 6.39. The molecule has 1 atom stereocenters. The van der Waals surface area contributed by atoms with Crippen molar-refractivity contribution in [3.8, 4) is 0 Å². The maximum absolute atomic E-state index is 11.5. The van der Waals surface area contributed by atoms with Gasteiger partial charge in [0.2, 0.25) is 0 Å². The molecule has 0 aromatic carbocycles. The summed E-state index contributed by atoms with van der Waals surface area (Å²) in [6.07, 6.45) is 3.01. The molecule has 0 aliphatic carbocycles. The first-order valence-electron chi connectivity index (χ1n) is 7.43. The number of rotatable bonds is 4. The van der Waals surface area contributed by atoms with E-state index >= 15 is 0 Å². The van der Waals surface area contributed by atoms with Gasteiger partial charge in [-0.2, -0.15) is 0 Å². The molecule has 0 amide bonds. The van der Waals surface area contributed by atoms with E-state index in [1.807, 2.05) is 25.7 Å². The van der Waals surface area contributed by atoms with Crippen LogP contribution in [-0.4, -0.2) is 45.3 Å². The van der Waals surface area contributed by atoms with Gasteiger partial charge < -0.3 is 15.1 Å². The van der Waals surface area contributed by atoms with Crippen LogP contribution in [0.25, 0.3) is 0 Å². The Morgan fingerprint density at radius 2 is 1.95 bits per heavy atom. The summed E-state index contributed by atoms with van der Waals surface area (Å²) in [5, 5.41) is 19.0. The molecule has 1 aliphatic rings. The number of aliphatic hydroxyl groups is 1. The zero-order valence-electron chi connectivity index (χ0n) is 12.8. The molecule has 1 aliphatic heterocycles. The summed E-state index contributed by atoms with van der Waals surface area (Å²) in [6.45, 7) is 7.13. The number of hydrogen-bond donors (Lipinski definition) is 2. The van der Waals surface area contributed by atoms with Crippen LogP contribution >= 0.6 is 0 Å². The second-order valence-electron chi connectivity index (χ2n) is 5.99. The fraction of sp³-hybridized carbons (Fsp3) is 0.667. The van der Waals surface area contributed by atoms with Crippen LogP contribution in [0, 0.1) is 5.92 Å². The van der Waals surface area contributed by atoms with Crippen LogP contribution in [0.1, 0.15) is 55.8 Å². The minimum atomic E-state index is -1.02. The number of anilines is 1. The van der Waals surface area contributed by atoms with Gasteiger partial charge in [-0.25, -0.2) is 14.8 Å². The highest BCUT2D eigenvalue weighted by Gasteiger charge is 2.26. The SMILES string of the molecule is CC(C)c1ncc(N2CCC(C(C)O)CC2)c(C(=O)O)n1. The number of carboxylic acid groups (broad SMARTS) is 1. The summed E-state index contributed by atoms with van der Waals surface area (Å²) in [7, 11) is 0. The van der Waals surface area contributed by atoms with Gasteiger partial charge in [0.25, 0.3) is 0 Å².